The monoisotopic (exact) mass is 210 g/mol. The Bertz CT molecular complexity index is 361. The highest BCUT2D eigenvalue weighted by molar-refractivity contribution is 5.89. The lowest BCUT2D eigenvalue weighted by Crippen LogP contribution is -2.20. The number of imidazole rings is 1. The maximum atomic E-state index is 11.7. The average molecular weight is 210 g/mol. The van der Waals surface area contributed by atoms with Crippen LogP contribution in [0.15, 0.2) is 6.33 Å². The van der Waals surface area contributed by atoms with Gasteiger partial charge in [0.05, 0.1) is 18.6 Å². The van der Waals surface area contributed by atoms with E-state index < -0.39 is 0 Å². The van der Waals surface area contributed by atoms with Crippen molar-refractivity contribution >= 4 is 5.97 Å². The zero-order valence-electron chi connectivity index (χ0n) is 10.00. The highest BCUT2D eigenvalue weighted by atomic mass is 16.5. The molecule has 0 saturated carbocycles. The normalized spacial score (nSPS) is 11.5. The first-order valence-electron chi connectivity index (χ1n) is 5.06. The molecule has 15 heavy (non-hydrogen) atoms. The van der Waals surface area contributed by atoms with Gasteiger partial charge < -0.3 is 9.30 Å². The largest absolute Gasteiger partial charge is 0.461 e. The molecule has 0 fully saturated rings. The maximum Gasteiger partial charge on any atom is 0.356 e. The molecule has 0 amide bonds. The number of hydrogen-bond donors (Lipinski definition) is 0. The van der Waals surface area contributed by atoms with Gasteiger partial charge in [0.25, 0.3) is 0 Å². The van der Waals surface area contributed by atoms with Gasteiger partial charge in [-0.2, -0.15) is 0 Å². The van der Waals surface area contributed by atoms with E-state index in [-0.39, 0.29) is 11.4 Å². The molecule has 1 aromatic heterocycles. The van der Waals surface area contributed by atoms with Crippen molar-refractivity contribution in [3.05, 3.63) is 17.7 Å². The molecule has 0 aromatic carbocycles. The summed E-state index contributed by atoms with van der Waals surface area (Å²) >= 11 is 0. The third-order valence-corrected chi connectivity index (χ3v) is 2.12. The molecule has 0 spiro atoms. The molecule has 0 aliphatic carbocycles. The zero-order chi connectivity index (χ0) is 11.6. The van der Waals surface area contributed by atoms with Crippen molar-refractivity contribution in [1.82, 2.24) is 9.55 Å². The summed E-state index contributed by atoms with van der Waals surface area (Å²) in [5.74, 6) is -0.303. The summed E-state index contributed by atoms with van der Waals surface area (Å²) in [5, 5.41) is 0. The molecule has 84 valence electrons. The van der Waals surface area contributed by atoms with E-state index in [1.54, 1.807) is 24.9 Å². The number of aromatic nitrogens is 2. The van der Waals surface area contributed by atoms with Crippen LogP contribution in [0.5, 0.6) is 0 Å². The maximum absolute atomic E-state index is 11.7. The Morgan fingerprint density at radius 3 is 2.60 bits per heavy atom. The third kappa shape index (κ3) is 2.37. The standard InChI is InChI=1S/C11H18N2O2/c1-6-15-10(14)8-9(11(2,3)4)12-7-13(8)5/h7H,6H2,1-5H3. The van der Waals surface area contributed by atoms with Crippen LogP contribution in [0.3, 0.4) is 0 Å². The van der Waals surface area contributed by atoms with Crippen LogP contribution in [-0.2, 0) is 17.2 Å². The van der Waals surface area contributed by atoms with Crippen LogP contribution in [0.1, 0.15) is 43.9 Å². The molecule has 0 aliphatic rings. The van der Waals surface area contributed by atoms with E-state index in [9.17, 15) is 4.79 Å². The van der Waals surface area contributed by atoms with Crippen molar-refractivity contribution in [2.45, 2.75) is 33.1 Å². The molecule has 0 N–H and O–H groups in total. The number of aryl methyl sites for hydroxylation is 1. The summed E-state index contributed by atoms with van der Waals surface area (Å²) in [6.07, 6.45) is 1.65. The highest BCUT2D eigenvalue weighted by Crippen LogP contribution is 2.24. The van der Waals surface area contributed by atoms with E-state index in [0.717, 1.165) is 5.69 Å². The van der Waals surface area contributed by atoms with E-state index in [1.165, 1.54) is 0 Å². The van der Waals surface area contributed by atoms with Gasteiger partial charge in [-0.15, -0.1) is 0 Å². The van der Waals surface area contributed by atoms with Crippen LogP contribution in [0.2, 0.25) is 0 Å². The van der Waals surface area contributed by atoms with Crippen LogP contribution < -0.4 is 0 Å². The van der Waals surface area contributed by atoms with Gasteiger partial charge in [-0.1, -0.05) is 20.8 Å². The minimum absolute atomic E-state index is 0.149. The minimum Gasteiger partial charge on any atom is -0.461 e. The number of carbonyl (C=O) groups is 1. The summed E-state index contributed by atoms with van der Waals surface area (Å²) < 4.78 is 6.71. The van der Waals surface area contributed by atoms with Crippen LogP contribution in [0, 0.1) is 0 Å². The first-order valence-corrected chi connectivity index (χ1v) is 5.06. The summed E-state index contributed by atoms with van der Waals surface area (Å²) in [6.45, 7) is 8.26. The van der Waals surface area contributed by atoms with Gasteiger partial charge in [0.1, 0.15) is 0 Å². The molecule has 0 aliphatic heterocycles. The van der Waals surface area contributed by atoms with Crippen LogP contribution in [-0.4, -0.2) is 22.1 Å². The second-order valence-electron chi connectivity index (χ2n) is 4.52. The second kappa shape index (κ2) is 4.04. The first kappa shape index (κ1) is 11.8. The SMILES string of the molecule is CCOC(=O)c1c(C(C)(C)C)ncn1C. The molecule has 1 aromatic rings. The predicted molar refractivity (Wildman–Crippen MR) is 57.9 cm³/mol. The Kier molecular flexibility index (Phi) is 3.17. The van der Waals surface area contributed by atoms with E-state index in [4.69, 9.17) is 4.74 Å². The molecule has 1 rings (SSSR count). The van der Waals surface area contributed by atoms with Gasteiger partial charge in [0.15, 0.2) is 5.69 Å². The molecule has 1 heterocycles. The summed E-state index contributed by atoms with van der Waals surface area (Å²) in [4.78, 5) is 16.0. The van der Waals surface area contributed by atoms with Gasteiger partial charge >= 0.3 is 5.97 Å². The number of nitrogens with zero attached hydrogens (tertiary/aromatic N) is 2. The fourth-order valence-electron chi connectivity index (χ4n) is 1.42. The average Bonchev–Trinajstić information content (AvgIpc) is 2.46. The van der Waals surface area contributed by atoms with Gasteiger partial charge in [0.2, 0.25) is 0 Å². The van der Waals surface area contributed by atoms with Crippen LogP contribution in [0.4, 0.5) is 0 Å². The van der Waals surface area contributed by atoms with Crippen molar-refractivity contribution < 1.29 is 9.53 Å². The molecular formula is C11H18N2O2. The summed E-state index contributed by atoms with van der Waals surface area (Å²) in [7, 11) is 1.80. The number of hydrogen-bond acceptors (Lipinski definition) is 3. The van der Waals surface area contributed by atoms with E-state index in [2.05, 4.69) is 4.98 Å². The van der Waals surface area contributed by atoms with Crippen molar-refractivity contribution in [3.63, 3.8) is 0 Å². The van der Waals surface area contributed by atoms with Gasteiger partial charge in [0, 0.05) is 12.5 Å². The Morgan fingerprint density at radius 2 is 2.13 bits per heavy atom. The molecule has 4 heteroatoms. The second-order valence-corrected chi connectivity index (χ2v) is 4.52. The quantitative estimate of drug-likeness (QED) is 0.700. The van der Waals surface area contributed by atoms with E-state index in [1.807, 2.05) is 20.8 Å². The number of rotatable bonds is 2. The van der Waals surface area contributed by atoms with Gasteiger partial charge in [-0.25, -0.2) is 9.78 Å². The van der Waals surface area contributed by atoms with Crippen molar-refractivity contribution in [2.24, 2.45) is 7.05 Å². The summed E-state index contributed by atoms with van der Waals surface area (Å²) in [5.41, 5.74) is 1.18. The minimum atomic E-state index is -0.303. The predicted octanol–water partition coefficient (Wildman–Crippen LogP) is 1.89. The fourth-order valence-corrected chi connectivity index (χ4v) is 1.42. The topological polar surface area (TPSA) is 44.1 Å². The molecule has 0 saturated heterocycles. The summed E-state index contributed by atoms with van der Waals surface area (Å²) in [6, 6.07) is 0. The van der Waals surface area contributed by atoms with Crippen LogP contribution in [0.25, 0.3) is 0 Å². The van der Waals surface area contributed by atoms with Crippen LogP contribution >= 0.6 is 0 Å². The molecule has 0 radical (unpaired) electrons. The third-order valence-electron chi connectivity index (χ3n) is 2.12. The zero-order valence-corrected chi connectivity index (χ0v) is 10.00. The lowest BCUT2D eigenvalue weighted by Gasteiger charge is -2.17. The lowest BCUT2D eigenvalue weighted by atomic mass is 9.90. The molecule has 0 unspecified atom stereocenters. The van der Waals surface area contributed by atoms with Gasteiger partial charge in [-0.05, 0) is 6.92 Å². The first-order chi connectivity index (χ1) is 6.88. The fraction of sp³-hybridized carbons (Fsp3) is 0.636. The van der Waals surface area contributed by atoms with Gasteiger partial charge in [-0.3, -0.25) is 0 Å². The Hall–Kier alpha value is -1.32. The Labute approximate surface area is 90.3 Å². The molecular weight excluding hydrogens is 192 g/mol. The van der Waals surface area contributed by atoms with E-state index in [0.29, 0.717) is 12.3 Å². The van der Waals surface area contributed by atoms with E-state index >= 15 is 0 Å². The van der Waals surface area contributed by atoms with Crippen molar-refractivity contribution in [1.29, 1.82) is 0 Å². The Balaban J connectivity index is 3.16. The molecule has 0 atom stereocenters. The smallest absolute Gasteiger partial charge is 0.356 e. The molecule has 4 nitrogen and oxygen atoms in total. The lowest BCUT2D eigenvalue weighted by molar-refractivity contribution is 0.0512. The Morgan fingerprint density at radius 1 is 1.53 bits per heavy atom. The number of ether oxygens (including phenoxy) is 1. The highest BCUT2D eigenvalue weighted by Gasteiger charge is 2.27. The van der Waals surface area contributed by atoms with Crippen molar-refractivity contribution in [2.75, 3.05) is 6.61 Å². The van der Waals surface area contributed by atoms with Crippen molar-refractivity contribution in [3.8, 4) is 0 Å². The number of carbonyl (C=O) groups excluding carboxylic acids is 1. The number of esters is 1. The molecule has 0 bridgehead atoms.